The Labute approximate surface area is 174 Å². The van der Waals surface area contributed by atoms with Gasteiger partial charge in [0, 0.05) is 13.1 Å². The van der Waals surface area contributed by atoms with Crippen molar-refractivity contribution >= 4 is 27.5 Å². The third-order valence-corrected chi connectivity index (χ3v) is 7.48. The number of carbonyl (C=O) groups excluding carboxylic acids is 2. The average molecular weight is 418 g/mol. The highest BCUT2D eigenvalue weighted by atomic mass is 32.2. The van der Waals surface area contributed by atoms with E-state index in [1.54, 1.807) is 24.3 Å². The van der Waals surface area contributed by atoms with Gasteiger partial charge in [0.1, 0.15) is 0 Å². The van der Waals surface area contributed by atoms with Gasteiger partial charge < -0.3 is 0 Å². The van der Waals surface area contributed by atoms with E-state index in [9.17, 15) is 18.0 Å². The highest BCUT2D eigenvalue weighted by Gasteiger charge is 2.36. The maximum Gasteiger partial charge on any atom is 0.266 e. The molecule has 0 N–H and O–H groups in total. The van der Waals surface area contributed by atoms with Crippen molar-refractivity contribution in [3.63, 3.8) is 0 Å². The molecule has 0 unspecified atom stereocenters. The number of anilines is 1. The predicted molar refractivity (Wildman–Crippen MR) is 112 cm³/mol. The molecule has 0 bridgehead atoms. The van der Waals surface area contributed by atoms with Gasteiger partial charge in [-0.25, -0.2) is 13.3 Å². The molecule has 5 rings (SSSR count). The van der Waals surface area contributed by atoms with E-state index in [0.717, 1.165) is 10.5 Å². The molecule has 3 aromatic carbocycles. The number of sulfonamides is 1. The molecule has 0 atom stereocenters. The van der Waals surface area contributed by atoms with Crippen LogP contribution in [0.15, 0.2) is 77.7 Å². The van der Waals surface area contributed by atoms with Crippen molar-refractivity contribution in [2.24, 2.45) is 0 Å². The molecule has 0 fully saturated rings. The van der Waals surface area contributed by atoms with Crippen molar-refractivity contribution in [3.8, 4) is 0 Å². The molecule has 2 heterocycles. The fraction of sp³-hybridized carbons (Fsp3) is 0.130. The molecule has 0 saturated heterocycles. The largest absolute Gasteiger partial charge is 0.268 e. The zero-order chi connectivity index (χ0) is 20.9. The maximum atomic E-state index is 13.1. The Balaban J connectivity index is 1.42. The van der Waals surface area contributed by atoms with Crippen LogP contribution in [-0.2, 0) is 23.0 Å². The van der Waals surface area contributed by atoms with E-state index in [1.807, 2.05) is 24.3 Å². The summed E-state index contributed by atoms with van der Waals surface area (Å²) < 4.78 is 27.7. The fourth-order valence-corrected chi connectivity index (χ4v) is 5.43. The molecule has 6 nitrogen and oxygen atoms in total. The lowest BCUT2D eigenvalue weighted by atomic mass is 10.0. The highest BCUT2D eigenvalue weighted by Crippen LogP contribution is 2.30. The van der Waals surface area contributed by atoms with E-state index in [-0.39, 0.29) is 4.90 Å². The summed E-state index contributed by atoms with van der Waals surface area (Å²) in [5.74, 6) is -0.808. The van der Waals surface area contributed by atoms with Crippen LogP contribution in [0, 0.1) is 0 Å². The van der Waals surface area contributed by atoms with Gasteiger partial charge in [-0.05, 0) is 53.9 Å². The number of hydrogen-bond acceptors (Lipinski definition) is 4. The zero-order valence-electron chi connectivity index (χ0n) is 16.0. The molecule has 2 aliphatic heterocycles. The van der Waals surface area contributed by atoms with E-state index >= 15 is 0 Å². The van der Waals surface area contributed by atoms with Crippen LogP contribution in [0.3, 0.4) is 0 Å². The summed E-state index contributed by atoms with van der Waals surface area (Å²) in [5, 5.41) is 0. The summed E-state index contributed by atoms with van der Waals surface area (Å²) in [7, 11) is -3.68. The summed E-state index contributed by atoms with van der Waals surface area (Å²) in [6, 6.07) is 20.4. The number of hydrogen-bond donors (Lipinski definition) is 0. The Hall–Kier alpha value is -3.29. The molecule has 150 valence electrons. The van der Waals surface area contributed by atoms with Crippen LogP contribution in [0.4, 0.5) is 5.69 Å². The number of amides is 2. The van der Waals surface area contributed by atoms with Crippen molar-refractivity contribution in [3.05, 3.63) is 95.1 Å². The number of fused-ring (bicyclic) bond motifs is 2. The normalized spacial score (nSPS) is 16.5. The maximum absolute atomic E-state index is 13.1. The molecule has 0 aromatic heterocycles. The number of carbonyl (C=O) groups is 2. The summed E-state index contributed by atoms with van der Waals surface area (Å²) in [6.45, 7) is 0.748. The fourth-order valence-electron chi connectivity index (χ4n) is 4.01. The second-order valence-corrected chi connectivity index (χ2v) is 9.28. The predicted octanol–water partition coefficient (Wildman–Crippen LogP) is 3.23. The molecule has 7 heteroatoms. The minimum atomic E-state index is -3.68. The van der Waals surface area contributed by atoms with Gasteiger partial charge in [0.15, 0.2) is 0 Å². The quantitative estimate of drug-likeness (QED) is 0.612. The van der Waals surface area contributed by atoms with Crippen LogP contribution >= 0.6 is 0 Å². The van der Waals surface area contributed by atoms with Crippen LogP contribution in [0.25, 0.3) is 0 Å². The topological polar surface area (TPSA) is 74.8 Å². The Morgan fingerprint density at radius 1 is 0.700 bits per heavy atom. The van der Waals surface area contributed by atoms with Crippen molar-refractivity contribution in [1.29, 1.82) is 0 Å². The standard InChI is InChI=1S/C23H18N2O4S/c26-22-20-7-3-4-8-21(20)23(27)25(22)18-9-11-19(12-10-18)30(28,29)24-14-13-16-5-1-2-6-17(16)15-24/h1-12H,13-15H2. The summed E-state index contributed by atoms with van der Waals surface area (Å²) in [6.07, 6.45) is 0.669. The van der Waals surface area contributed by atoms with Gasteiger partial charge in [0.05, 0.1) is 21.7 Å². The first kappa shape index (κ1) is 18.7. The van der Waals surface area contributed by atoms with Gasteiger partial charge in [-0.1, -0.05) is 36.4 Å². The minimum Gasteiger partial charge on any atom is -0.268 e. The van der Waals surface area contributed by atoms with Gasteiger partial charge in [-0.3, -0.25) is 9.59 Å². The van der Waals surface area contributed by atoms with Crippen LogP contribution < -0.4 is 4.90 Å². The van der Waals surface area contributed by atoms with E-state index in [4.69, 9.17) is 0 Å². The van der Waals surface area contributed by atoms with E-state index in [0.29, 0.717) is 36.3 Å². The minimum absolute atomic E-state index is 0.141. The van der Waals surface area contributed by atoms with Crippen molar-refractivity contribution in [1.82, 2.24) is 4.31 Å². The first-order chi connectivity index (χ1) is 14.5. The highest BCUT2D eigenvalue weighted by molar-refractivity contribution is 7.89. The van der Waals surface area contributed by atoms with E-state index in [2.05, 4.69) is 0 Å². The third kappa shape index (κ3) is 2.86. The first-order valence-electron chi connectivity index (χ1n) is 9.61. The Morgan fingerprint density at radius 2 is 1.27 bits per heavy atom. The molecule has 30 heavy (non-hydrogen) atoms. The summed E-state index contributed by atoms with van der Waals surface area (Å²) in [4.78, 5) is 26.5. The zero-order valence-corrected chi connectivity index (χ0v) is 16.8. The van der Waals surface area contributed by atoms with Crippen molar-refractivity contribution in [2.75, 3.05) is 11.4 Å². The monoisotopic (exact) mass is 418 g/mol. The van der Waals surface area contributed by atoms with Crippen molar-refractivity contribution < 1.29 is 18.0 Å². The molecule has 2 amide bonds. The third-order valence-electron chi connectivity index (χ3n) is 5.62. The van der Waals surface area contributed by atoms with E-state index < -0.39 is 21.8 Å². The average Bonchev–Trinajstić information content (AvgIpc) is 3.04. The first-order valence-corrected chi connectivity index (χ1v) is 11.1. The number of nitrogens with zero attached hydrogens (tertiary/aromatic N) is 2. The van der Waals surface area contributed by atoms with Gasteiger partial charge in [-0.15, -0.1) is 0 Å². The van der Waals surface area contributed by atoms with Crippen molar-refractivity contribution in [2.45, 2.75) is 17.9 Å². The molecule has 0 spiro atoms. The second kappa shape index (κ2) is 6.90. The number of benzene rings is 3. The lowest BCUT2D eigenvalue weighted by Crippen LogP contribution is -2.36. The summed E-state index contributed by atoms with van der Waals surface area (Å²) in [5.41, 5.74) is 3.24. The van der Waals surface area contributed by atoms with Gasteiger partial charge in [0.2, 0.25) is 10.0 Å². The molecule has 2 aliphatic rings. The number of rotatable bonds is 3. The van der Waals surface area contributed by atoms with Crippen LogP contribution in [0.2, 0.25) is 0 Å². The molecule has 0 radical (unpaired) electrons. The van der Waals surface area contributed by atoms with Gasteiger partial charge in [-0.2, -0.15) is 4.31 Å². The second-order valence-electron chi connectivity index (χ2n) is 7.34. The van der Waals surface area contributed by atoms with Crippen LogP contribution in [0.5, 0.6) is 0 Å². The Kier molecular flexibility index (Phi) is 4.30. The smallest absolute Gasteiger partial charge is 0.266 e. The van der Waals surface area contributed by atoms with Crippen LogP contribution in [0.1, 0.15) is 31.8 Å². The van der Waals surface area contributed by atoms with Gasteiger partial charge in [0.25, 0.3) is 11.8 Å². The molecule has 0 aliphatic carbocycles. The van der Waals surface area contributed by atoms with E-state index in [1.165, 1.54) is 34.1 Å². The molecular formula is C23H18N2O4S. The Morgan fingerprint density at radius 3 is 1.90 bits per heavy atom. The lowest BCUT2D eigenvalue weighted by Gasteiger charge is -2.28. The Bertz CT molecular complexity index is 1250. The number of imide groups is 1. The molecule has 3 aromatic rings. The molecule has 0 saturated carbocycles. The molecular weight excluding hydrogens is 400 g/mol. The summed E-state index contributed by atoms with van der Waals surface area (Å²) >= 11 is 0. The van der Waals surface area contributed by atoms with Gasteiger partial charge >= 0.3 is 0 Å². The SMILES string of the molecule is O=C1c2ccccc2C(=O)N1c1ccc(S(=O)(=O)N2CCc3ccccc3C2)cc1. The van der Waals surface area contributed by atoms with Crippen LogP contribution in [-0.4, -0.2) is 31.1 Å². The lowest BCUT2D eigenvalue weighted by molar-refractivity contribution is 0.0926.